The van der Waals surface area contributed by atoms with E-state index in [2.05, 4.69) is 0 Å². The van der Waals surface area contributed by atoms with Gasteiger partial charge < -0.3 is 14.0 Å². The SMILES string of the molecule is CCOC(=O)c1c(C)cc(=O)n(CC2CCOCC2)c1C. The molecule has 5 nitrogen and oxygen atoms in total. The van der Waals surface area contributed by atoms with E-state index in [4.69, 9.17) is 9.47 Å². The number of carbonyl (C=O) groups is 1. The summed E-state index contributed by atoms with van der Waals surface area (Å²) in [6.07, 6.45) is 1.91. The van der Waals surface area contributed by atoms with Crippen LogP contribution in [0.2, 0.25) is 0 Å². The van der Waals surface area contributed by atoms with E-state index >= 15 is 0 Å². The Bertz CT molecular complexity index is 570. The van der Waals surface area contributed by atoms with Crippen LogP contribution in [0.25, 0.3) is 0 Å². The van der Waals surface area contributed by atoms with Gasteiger partial charge in [-0.25, -0.2) is 4.79 Å². The van der Waals surface area contributed by atoms with Crippen molar-refractivity contribution >= 4 is 5.97 Å². The fourth-order valence-electron chi connectivity index (χ4n) is 2.85. The van der Waals surface area contributed by atoms with Crippen LogP contribution >= 0.6 is 0 Å². The van der Waals surface area contributed by atoms with E-state index in [-0.39, 0.29) is 11.5 Å². The van der Waals surface area contributed by atoms with E-state index < -0.39 is 0 Å². The number of hydrogen-bond acceptors (Lipinski definition) is 4. The first-order valence-electron chi connectivity index (χ1n) is 7.50. The number of rotatable bonds is 4. The van der Waals surface area contributed by atoms with Gasteiger partial charge in [-0.1, -0.05) is 0 Å². The van der Waals surface area contributed by atoms with Crippen molar-refractivity contribution in [1.82, 2.24) is 4.57 Å². The Hall–Kier alpha value is -1.62. The number of carbonyl (C=O) groups excluding carboxylic acids is 1. The van der Waals surface area contributed by atoms with Crippen molar-refractivity contribution in [2.45, 2.75) is 40.2 Å². The predicted molar refractivity (Wildman–Crippen MR) is 79.7 cm³/mol. The standard InChI is InChI=1S/C16H23NO4/c1-4-21-16(19)15-11(2)9-14(18)17(12(15)3)10-13-5-7-20-8-6-13/h9,13H,4-8,10H2,1-3H3. The second kappa shape index (κ2) is 6.89. The molecule has 0 bridgehead atoms. The summed E-state index contributed by atoms with van der Waals surface area (Å²) < 4.78 is 12.2. The summed E-state index contributed by atoms with van der Waals surface area (Å²) in [6.45, 7) is 7.83. The van der Waals surface area contributed by atoms with Gasteiger partial charge in [-0.3, -0.25) is 4.79 Å². The van der Waals surface area contributed by atoms with E-state index in [9.17, 15) is 9.59 Å². The highest BCUT2D eigenvalue weighted by Crippen LogP contribution is 2.19. The van der Waals surface area contributed by atoms with Crippen molar-refractivity contribution in [2.75, 3.05) is 19.8 Å². The van der Waals surface area contributed by atoms with Crippen LogP contribution in [-0.2, 0) is 16.0 Å². The fraction of sp³-hybridized carbons (Fsp3) is 0.625. The summed E-state index contributed by atoms with van der Waals surface area (Å²) >= 11 is 0. The Morgan fingerprint density at radius 1 is 1.38 bits per heavy atom. The molecule has 2 rings (SSSR count). The molecule has 0 atom stereocenters. The third-order valence-corrected chi connectivity index (χ3v) is 4.03. The highest BCUT2D eigenvalue weighted by atomic mass is 16.5. The summed E-state index contributed by atoms with van der Waals surface area (Å²) in [4.78, 5) is 24.3. The first-order chi connectivity index (χ1) is 10.0. The van der Waals surface area contributed by atoms with Crippen molar-refractivity contribution in [3.8, 4) is 0 Å². The molecule has 1 aliphatic heterocycles. The molecule has 2 heterocycles. The molecule has 1 saturated heterocycles. The Morgan fingerprint density at radius 2 is 2.05 bits per heavy atom. The summed E-state index contributed by atoms with van der Waals surface area (Å²) in [5.74, 6) is 0.0705. The van der Waals surface area contributed by atoms with Gasteiger partial charge in [-0.2, -0.15) is 0 Å². The van der Waals surface area contributed by atoms with E-state index in [1.54, 1.807) is 18.4 Å². The number of esters is 1. The second-order valence-corrected chi connectivity index (χ2v) is 5.51. The van der Waals surface area contributed by atoms with Gasteiger partial charge in [0.2, 0.25) is 0 Å². The van der Waals surface area contributed by atoms with Crippen molar-refractivity contribution < 1.29 is 14.3 Å². The maximum atomic E-state index is 12.2. The van der Waals surface area contributed by atoms with Gasteiger partial charge in [0.1, 0.15) is 0 Å². The number of hydrogen-bond donors (Lipinski definition) is 0. The summed E-state index contributed by atoms with van der Waals surface area (Å²) in [5, 5.41) is 0. The Kier molecular flexibility index (Phi) is 5.17. The van der Waals surface area contributed by atoms with Crippen LogP contribution in [0.15, 0.2) is 10.9 Å². The summed E-state index contributed by atoms with van der Waals surface area (Å²) in [5.41, 5.74) is 1.84. The molecular weight excluding hydrogens is 270 g/mol. The maximum Gasteiger partial charge on any atom is 0.340 e. The lowest BCUT2D eigenvalue weighted by Gasteiger charge is -2.24. The first-order valence-corrected chi connectivity index (χ1v) is 7.50. The Morgan fingerprint density at radius 3 is 2.67 bits per heavy atom. The molecule has 0 spiro atoms. The van der Waals surface area contributed by atoms with Crippen molar-refractivity contribution in [2.24, 2.45) is 5.92 Å². The zero-order valence-electron chi connectivity index (χ0n) is 13.0. The molecule has 1 fully saturated rings. The minimum absolute atomic E-state index is 0.0514. The van der Waals surface area contributed by atoms with Gasteiger partial charge in [0, 0.05) is 31.5 Å². The van der Waals surface area contributed by atoms with Crippen LogP contribution in [0.3, 0.4) is 0 Å². The highest BCUT2D eigenvalue weighted by Gasteiger charge is 2.21. The molecule has 1 aliphatic rings. The molecular formula is C16H23NO4. The lowest BCUT2D eigenvalue weighted by Crippen LogP contribution is -2.30. The molecule has 116 valence electrons. The normalized spacial score (nSPS) is 16.0. The second-order valence-electron chi connectivity index (χ2n) is 5.51. The number of ether oxygens (including phenoxy) is 2. The highest BCUT2D eigenvalue weighted by molar-refractivity contribution is 5.92. The van der Waals surface area contributed by atoms with Gasteiger partial charge in [0.15, 0.2) is 0 Å². The number of aromatic nitrogens is 1. The van der Waals surface area contributed by atoms with E-state index in [1.807, 2.05) is 6.92 Å². The molecule has 1 aromatic heterocycles. The van der Waals surface area contributed by atoms with Crippen LogP contribution in [0, 0.1) is 19.8 Å². The number of aryl methyl sites for hydroxylation is 1. The van der Waals surface area contributed by atoms with Gasteiger partial charge in [-0.15, -0.1) is 0 Å². The first kappa shape index (κ1) is 15.8. The van der Waals surface area contributed by atoms with Gasteiger partial charge in [-0.05, 0) is 45.1 Å². The molecule has 0 N–H and O–H groups in total. The van der Waals surface area contributed by atoms with Crippen LogP contribution in [0.5, 0.6) is 0 Å². The van der Waals surface area contributed by atoms with Gasteiger partial charge in [0.05, 0.1) is 12.2 Å². The fourth-order valence-corrected chi connectivity index (χ4v) is 2.85. The maximum absolute atomic E-state index is 12.2. The third kappa shape index (κ3) is 3.53. The van der Waals surface area contributed by atoms with Crippen LogP contribution < -0.4 is 5.56 Å². The summed E-state index contributed by atoms with van der Waals surface area (Å²) in [7, 11) is 0. The smallest absolute Gasteiger partial charge is 0.340 e. The third-order valence-electron chi connectivity index (χ3n) is 4.03. The quantitative estimate of drug-likeness (QED) is 0.797. The van der Waals surface area contributed by atoms with Crippen molar-refractivity contribution in [1.29, 1.82) is 0 Å². The molecule has 5 heteroatoms. The van der Waals surface area contributed by atoms with Gasteiger partial charge >= 0.3 is 5.97 Å². The largest absolute Gasteiger partial charge is 0.462 e. The number of pyridine rings is 1. The average molecular weight is 293 g/mol. The topological polar surface area (TPSA) is 57.5 Å². The minimum atomic E-state index is -0.353. The molecule has 0 amide bonds. The Balaban J connectivity index is 2.34. The van der Waals surface area contributed by atoms with Crippen molar-refractivity contribution in [3.05, 3.63) is 33.2 Å². The molecule has 0 aliphatic carbocycles. The lowest BCUT2D eigenvalue weighted by molar-refractivity contribution is 0.0519. The van der Waals surface area contributed by atoms with Crippen molar-refractivity contribution in [3.63, 3.8) is 0 Å². The molecule has 0 aromatic carbocycles. The molecule has 0 unspecified atom stereocenters. The molecule has 0 saturated carbocycles. The molecule has 1 aromatic rings. The van der Waals surface area contributed by atoms with Gasteiger partial charge in [0.25, 0.3) is 5.56 Å². The van der Waals surface area contributed by atoms with E-state index in [0.29, 0.717) is 35.9 Å². The zero-order chi connectivity index (χ0) is 15.4. The van der Waals surface area contributed by atoms with Crippen LogP contribution in [-0.4, -0.2) is 30.4 Å². The predicted octanol–water partition coefficient (Wildman–Crippen LogP) is 2.07. The van der Waals surface area contributed by atoms with Crippen LogP contribution in [0.4, 0.5) is 0 Å². The number of nitrogens with zero attached hydrogens (tertiary/aromatic N) is 1. The molecule has 0 radical (unpaired) electrons. The molecule has 21 heavy (non-hydrogen) atoms. The zero-order valence-corrected chi connectivity index (χ0v) is 13.0. The minimum Gasteiger partial charge on any atom is -0.462 e. The lowest BCUT2D eigenvalue weighted by atomic mass is 9.99. The average Bonchev–Trinajstić information content (AvgIpc) is 2.44. The monoisotopic (exact) mass is 293 g/mol. The summed E-state index contributed by atoms with van der Waals surface area (Å²) in [6, 6.07) is 1.53. The van der Waals surface area contributed by atoms with Crippen LogP contribution in [0.1, 0.15) is 41.4 Å². The van der Waals surface area contributed by atoms with E-state index in [0.717, 1.165) is 26.1 Å². The Labute approximate surface area is 124 Å². The van der Waals surface area contributed by atoms with E-state index in [1.165, 1.54) is 6.07 Å².